The highest BCUT2D eigenvalue weighted by atomic mass is 19.3. The number of benzene rings is 2. The molecule has 8 rings (SSSR count). The highest BCUT2D eigenvalue weighted by Crippen LogP contribution is 2.31. The van der Waals surface area contributed by atoms with Crippen LogP contribution in [0.15, 0.2) is 82.5 Å². The van der Waals surface area contributed by atoms with E-state index in [0.29, 0.717) is 74.1 Å². The van der Waals surface area contributed by atoms with Crippen molar-refractivity contribution < 1.29 is 32.6 Å². The van der Waals surface area contributed by atoms with Gasteiger partial charge in [-0.3, -0.25) is 18.7 Å². The van der Waals surface area contributed by atoms with Gasteiger partial charge in [-0.1, -0.05) is 24.3 Å². The predicted octanol–water partition coefficient (Wildman–Crippen LogP) is 5.10. The smallest absolute Gasteiger partial charge is 0.329 e. The molecule has 5 N–H and O–H groups in total. The number of hydrogen-bond acceptors (Lipinski definition) is 11. The number of aromatic nitrogens is 6. The number of pyridine rings is 1. The molecule has 0 radical (unpaired) electrons. The Morgan fingerprint density at radius 2 is 1.92 bits per heavy atom. The lowest BCUT2D eigenvalue weighted by atomic mass is 10.0. The molecule has 2 aliphatic rings. The summed E-state index contributed by atoms with van der Waals surface area (Å²) < 4.78 is 43.9. The van der Waals surface area contributed by atoms with Crippen LogP contribution in [-0.2, 0) is 29.5 Å². The molecular weight excluding hydrogens is 779 g/mol. The van der Waals surface area contributed by atoms with Crippen LogP contribution in [0.5, 0.6) is 0 Å². The van der Waals surface area contributed by atoms with Crippen LogP contribution in [0.25, 0.3) is 28.2 Å². The summed E-state index contributed by atoms with van der Waals surface area (Å²) in [6.07, 6.45) is 4.87. The van der Waals surface area contributed by atoms with Gasteiger partial charge in [0.15, 0.2) is 11.4 Å². The highest BCUT2D eigenvalue weighted by molar-refractivity contribution is 6.03. The van der Waals surface area contributed by atoms with E-state index < -0.39 is 30.3 Å². The van der Waals surface area contributed by atoms with Crippen molar-refractivity contribution in [3.05, 3.63) is 106 Å². The Morgan fingerprint density at radius 3 is 2.70 bits per heavy atom. The fraction of sp³-hybridized carbons (Fsp3) is 0.381. The molecule has 6 aromatic rings. The molecule has 60 heavy (non-hydrogen) atoms. The van der Waals surface area contributed by atoms with E-state index in [0.717, 1.165) is 29.6 Å². The molecule has 2 fully saturated rings. The van der Waals surface area contributed by atoms with Gasteiger partial charge in [0.05, 0.1) is 35.2 Å². The summed E-state index contributed by atoms with van der Waals surface area (Å²) in [6.45, 7) is 2.98. The molecule has 1 saturated carbocycles. The van der Waals surface area contributed by atoms with Gasteiger partial charge in [0.1, 0.15) is 24.4 Å². The zero-order valence-corrected chi connectivity index (χ0v) is 32.9. The Kier molecular flexibility index (Phi) is 12.1. The number of fused-ring (bicyclic) bond motifs is 1. The molecule has 2 amide bonds. The van der Waals surface area contributed by atoms with E-state index in [1.807, 2.05) is 30.3 Å². The zero-order chi connectivity index (χ0) is 41.8. The third kappa shape index (κ3) is 9.15. The van der Waals surface area contributed by atoms with Crippen LogP contribution in [0.3, 0.4) is 0 Å². The maximum absolute atomic E-state index is 14.0. The maximum Gasteiger partial charge on any atom is 0.329 e. The summed E-state index contributed by atoms with van der Waals surface area (Å²) in [5, 5.41) is 25.5. The summed E-state index contributed by atoms with van der Waals surface area (Å²) in [5.41, 5.74) is 3.51. The van der Waals surface area contributed by atoms with Crippen molar-refractivity contribution in [2.75, 3.05) is 36.9 Å². The summed E-state index contributed by atoms with van der Waals surface area (Å²) >= 11 is 0. The number of amides is 2. The number of nitrogens with one attached hydrogen (secondary N) is 4. The van der Waals surface area contributed by atoms with Crippen molar-refractivity contribution in [2.45, 2.75) is 63.8 Å². The summed E-state index contributed by atoms with van der Waals surface area (Å²) in [6, 6.07) is 15.8. The van der Waals surface area contributed by atoms with Crippen molar-refractivity contribution in [1.82, 2.24) is 39.5 Å². The second-order valence-electron chi connectivity index (χ2n) is 15.1. The lowest BCUT2D eigenvalue weighted by Gasteiger charge is -2.26. The molecule has 5 heterocycles. The molecule has 314 valence electrons. The van der Waals surface area contributed by atoms with E-state index in [4.69, 9.17) is 9.15 Å². The summed E-state index contributed by atoms with van der Waals surface area (Å²) in [7, 11) is 1.71. The summed E-state index contributed by atoms with van der Waals surface area (Å²) in [4.78, 5) is 47.5. The topological polar surface area (TPSA) is 195 Å². The number of para-hydroxylation sites is 1. The van der Waals surface area contributed by atoms with Gasteiger partial charge >= 0.3 is 5.69 Å². The lowest BCUT2D eigenvalue weighted by Crippen LogP contribution is -2.46. The molecule has 2 aromatic carbocycles. The first-order valence-corrected chi connectivity index (χ1v) is 20.0. The first-order valence-electron chi connectivity index (χ1n) is 20.0. The first kappa shape index (κ1) is 40.5. The number of alkyl halides is 2. The fourth-order valence-electron chi connectivity index (χ4n) is 7.36. The Hall–Kier alpha value is -6.24. The number of ether oxygens (including phenoxy) is 1. The molecule has 1 saturated heterocycles. The van der Waals surface area contributed by atoms with Crippen LogP contribution >= 0.6 is 0 Å². The number of oxazole rings is 1. The number of imidazole rings is 1. The number of aliphatic hydroxyl groups excluding tert-OH is 1. The number of aliphatic hydroxyl groups is 1. The molecule has 16 nitrogen and oxygen atoms in total. The van der Waals surface area contributed by atoms with Crippen LogP contribution in [0.1, 0.15) is 71.9 Å². The van der Waals surface area contributed by atoms with Crippen molar-refractivity contribution >= 4 is 34.4 Å². The number of carbonyl (C=O) groups is 2. The van der Waals surface area contributed by atoms with Gasteiger partial charge in [0.25, 0.3) is 12.3 Å². The van der Waals surface area contributed by atoms with Gasteiger partial charge in [-0.25, -0.2) is 28.2 Å². The van der Waals surface area contributed by atoms with E-state index >= 15 is 0 Å². The van der Waals surface area contributed by atoms with Crippen molar-refractivity contribution in [3.8, 4) is 17.1 Å². The Labute approximate surface area is 343 Å². The number of aryl methyl sites for hydroxylation is 2. The van der Waals surface area contributed by atoms with Gasteiger partial charge in [-0.15, -0.1) is 0 Å². The number of piperidine rings is 1. The van der Waals surface area contributed by atoms with E-state index in [9.17, 15) is 28.3 Å². The van der Waals surface area contributed by atoms with Gasteiger partial charge < -0.3 is 35.5 Å². The molecular formula is C42H46F2N10O6. The third-order valence-corrected chi connectivity index (χ3v) is 10.7. The number of halogens is 2. The first-order chi connectivity index (χ1) is 29.1. The number of anilines is 2. The van der Waals surface area contributed by atoms with Crippen molar-refractivity contribution in [2.24, 2.45) is 13.0 Å². The number of hydrogen-bond donors (Lipinski definition) is 5. The monoisotopic (exact) mass is 824 g/mol. The Bertz CT molecular complexity index is 2530. The second kappa shape index (κ2) is 17.9. The predicted molar refractivity (Wildman–Crippen MR) is 218 cm³/mol. The average molecular weight is 825 g/mol. The SMILES string of the molecule is Cn1c(=O)n(C2CCC(O)NC2=O)c2cccc(CCCOCCNCc3ccc(-n4cc(NC(=O)c5coc(-c6ccnc(NCC7CC7)c6)n5)c(C(F)F)n4)cc3)c21. The normalized spacial score (nSPS) is 16.7. The highest BCUT2D eigenvalue weighted by Gasteiger charge is 2.32. The fourth-order valence-corrected chi connectivity index (χ4v) is 7.36. The largest absolute Gasteiger partial charge is 0.444 e. The number of rotatable bonds is 18. The van der Waals surface area contributed by atoms with Crippen LogP contribution in [0, 0.1) is 5.92 Å². The maximum atomic E-state index is 14.0. The second-order valence-corrected chi connectivity index (χ2v) is 15.1. The minimum absolute atomic E-state index is 0.0741. The molecule has 2 unspecified atom stereocenters. The van der Waals surface area contributed by atoms with Crippen molar-refractivity contribution in [3.63, 3.8) is 0 Å². The number of carbonyl (C=O) groups excluding carboxylic acids is 2. The minimum atomic E-state index is -2.94. The lowest BCUT2D eigenvalue weighted by molar-refractivity contribution is -0.130. The van der Waals surface area contributed by atoms with E-state index in [1.54, 1.807) is 42.1 Å². The van der Waals surface area contributed by atoms with Gasteiger partial charge in [-0.05, 0) is 85.9 Å². The summed E-state index contributed by atoms with van der Waals surface area (Å²) in [5.74, 6) is 0.449. The number of nitrogens with zero attached hydrogens (tertiary/aromatic N) is 6. The van der Waals surface area contributed by atoms with E-state index in [-0.39, 0.29) is 28.9 Å². The Morgan fingerprint density at radius 1 is 1.08 bits per heavy atom. The van der Waals surface area contributed by atoms with Crippen LogP contribution in [-0.4, -0.2) is 78.3 Å². The van der Waals surface area contributed by atoms with Crippen LogP contribution in [0.2, 0.25) is 0 Å². The van der Waals surface area contributed by atoms with Crippen LogP contribution < -0.4 is 27.0 Å². The van der Waals surface area contributed by atoms with Gasteiger partial charge in [0, 0.05) is 45.0 Å². The molecule has 0 spiro atoms. The molecule has 1 aliphatic carbocycles. The molecule has 2 atom stereocenters. The molecule has 0 bridgehead atoms. The molecule has 1 aliphatic heterocycles. The van der Waals surface area contributed by atoms with Crippen molar-refractivity contribution in [1.29, 1.82) is 0 Å². The molecule has 18 heteroatoms. The van der Waals surface area contributed by atoms with E-state index in [1.165, 1.54) is 34.6 Å². The third-order valence-electron chi connectivity index (χ3n) is 10.7. The molecule has 4 aromatic heterocycles. The average Bonchev–Trinajstić information content (AvgIpc) is 3.65. The van der Waals surface area contributed by atoms with Gasteiger partial charge in [-0.2, -0.15) is 5.10 Å². The quantitative estimate of drug-likeness (QED) is 0.0725. The minimum Gasteiger partial charge on any atom is -0.444 e. The Balaban J connectivity index is 0.792. The van der Waals surface area contributed by atoms with Crippen LogP contribution in [0.4, 0.5) is 20.3 Å². The van der Waals surface area contributed by atoms with Gasteiger partial charge in [0.2, 0.25) is 11.8 Å². The zero-order valence-electron chi connectivity index (χ0n) is 32.9. The van der Waals surface area contributed by atoms with E-state index in [2.05, 4.69) is 36.3 Å². The standard InChI is InChI=1S/C42H46F2N10O6/c1-52-37-27(4-2-6-32(37)54(42(52)58)33-13-14-35(55)50-40(33)57)5-3-18-59-19-17-45-21-25-9-11-29(12-10-25)53-23-30(36(51-53)38(43)44)48-39(56)31-24-60-41(49-31)28-15-16-46-34(20-28)47-22-26-7-8-26/h2,4,6,9-12,15-16,20,23-24,26,33,35,38,45,55H,3,5,7-8,13-14,17-19,21-22H2,1H3,(H,46,47)(H,48,56)(H,50,57).